The molecule has 2 rings (SSSR count). The van der Waals surface area contributed by atoms with E-state index in [1.165, 1.54) is 14.2 Å². The number of aliphatic hydroxyl groups excluding tert-OH is 6. The van der Waals surface area contributed by atoms with Crippen LogP contribution in [0.5, 0.6) is 0 Å². The van der Waals surface area contributed by atoms with Crippen molar-refractivity contribution < 1.29 is 83.3 Å². The number of carboxylic acid groups (broad SMARTS) is 1. The van der Waals surface area contributed by atoms with Crippen molar-refractivity contribution in [1.82, 2.24) is 5.32 Å². The maximum atomic E-state index is 12.7. The van der Waals surface area contributed by atoms with Crippen molar-refractivity contribution in [2.24, 2.45) is 11.8 Å². The Morgan fingerprint density at radius 1 is 1.05 bits per heavy atom. The maximum Gasteiger partial charge on any atom is 0.407 e. The van der Waals surface area contributed by atoms with Gasteiger partial charge in [-0.1, -0.05) is 6.92 Å². The van der Waals surface area contributed by atoms with Gasteiger partial charge >= 0.3 is 12.1 Å². The van der Waals surface area contributed by atoms with Crippen LogP contribution in [0.15, 0.2) is 0 Å². The predicted molar refractivity (Wildman–Crippen MR) is 143 cm³/mol. The van der Waals surface area contributed by atoms with Gasteiger partial charge in [0.05, 0.1) is 57.9 Å². The summed E-state index contributed by atoms with van der Waals surface area (Å²) in [5.41, 5.74) is 0. The number of hydrogen-bond donors (Lipinski definition) is 8. The molecule has 2 saturated heterocycles. The summed E-state index contributed by atoms with van der Waals surface area (Å²) in [6.45, 7) is 0.00348. The summed E-state index contributed by atoms with van der Waals surface area (Å²) < 4.78 is 36.7. The van der Waals surface area contributed by atoms with Gasteiger partial charge in [-0.15, -0.1) is 0 Å². The number of ether oxygens (including phenoxy) is 7. The van der Waals surface area contributed by atoms with E-state index >= 15 is 0 Å². The van der Waals surface area contributed by atoms with E-state index in [0.717, 1.165) is 0 Å². The highest BCUT2D eigenvalue weighted by Crippen LogP contribution is 2.39. The minimum Gasteiger partial charge on any atom is -0.477 e. The number of rotatable bonds is 18. The Morgan fingerprint density at radius 3 is 2.34 bits per heavy atom. The monoisotopic (exact) mass is 643 g/mol. The molecule has 11 atom stereocenters. The smallest absolute Gasteiger partial charge is 0.407 e. The van der Waals surface area contributed by atoms with Gasteiger partial charge in [-0.2, -0.15) is 0 Å². The number of carbonyl (C=O) groups excluding carboxylic acids is 2. The lowest BCUT2D eigenvalue weighted by molar-refractivity contribution is -0.337. The first-order chi connectivity index (χ1) is 20.8. The SMILES string of the molecule is COCCOCCOC(=O)NCC(=O)CC1C(O)CC(OCC2OC(OC)C(C)C(O)C2O)(C(=O)O)OC1[C@H](O)[C@H](O)CO. The number of nitrogens with one attached hydrogen (secondary N) is 1. The van der Waals surface area contributed by atoms with Crippen molar-refractivity contribution in [3.63, 3.8) is 0 Å². The van der Waals surface area contributed by atoms with E-state index < -0.39 is 117 Å². The minimum atomic E-state index is -2.67. The third-order valence-corrected chi connectivity index (χ3v) is 7.47. The molecule has 0 aliphatic carbocycles. The second-order valence-corrected chi connectivity index (χ2v) is 10.6. The number of Topliss-reactive ketones (excluding diaryl/α,β-unsaturated/α-hetero) is 1. The fraction of sp³-hybridized carbons (Fsp3) is 0.885. The number of carbonyl (C=O) groups is 3. The number of ketones is 1. The molecular formula is C26H45NO17. The number of aliphatic hydroxyl groups is 6. The molecule has 0 bridgehead atoms. The summed E-state index contributed by atoms with van der Waals surface area (Å²) in [6.07, 6.45) is -14.7. The molecule has 0 saturated carbocycles. The summed E-state index contributed by atoms with van der Waals surface area (Å²) in [4.78, 5) is 37.0. The average Bonchev–Trinajstić information content (AvgIpc) is 3.00. The van der Waals surface area contributed by atoms with Crippen LogP contribution in [0.4, 0.5) is 4.79 Å². The van der Waals surface area contributed by atoms with Crippen LogP contribution in [0, 0.1) is 11.8 Å². The number of aliphatic carboxylic acids is 1. The predicted octanol–water partition coefficient (Wildman–Crippen LogP) is -3.66. The zero-order valence-electron chi connectivity index (χ0n) is 24.9. The molecule has 0 aromatic rings. The topological polar surface area (TPSA) is 269 Å². The van der Waals surface area contributed by atoms with Crippen molar-refractivity contribution in [2.75, 3.05) is 60.4 Å². The lowest BCUT2D eigenvalue weighted by Gasteiger charge is -2.47. The lowest BCUT2D eigenvalue weighted by atomic mass is 9.80. The Morgan fingerprint density at radius 2 is 1.73 bits per heavy atom. The van der Waals surface area contributed by atoms with E-state index in [4.69, 9.17) is 33.2 Å². The molecule has 0 spiro atoms. The third kappa shape index (κ3) is 10.2. The minimum absolute atomic E-state index is 0.0922. The van der Waals surface area contributed by atoms with Crippen molar-refractivity contribution in [2.45, 2.75) is 74.6 Å². The van der Waals surface area contributed by atoms with Gasteiger partial charge in [0.25, 0.3) is 5.79 Å². The zero-order chi connectivity index (χ0) is 33.0. The number of hydrogen-bond acceptors (Lipinski definition) is 16. The van der Waals surface area contributed by atoms with Gasteiger partial charge in [0.15, 0.2) is 12.1 Å². The number of methoxy groups -OCH3 is 2. The van der Waals surface area contributed by atoms with Crippen LogP contribution in [-0.4, -0.2) is 169 Å². The van der Waals surface area contributed by atoms with Crippen LogP contribution < -0.4 is 5.32 Å². The molecule has 0 aromatic heterocycles. The van der Waals surface area contributed by atoms with Gasteiger partial charge in [0, 0.05) is 38.9 Å². The van der Waals surface area contributed by atoms with Gasteiger partial charge in [-0.25, -0.2) is 9.59 Å². The molecule has 2 aliphatic heterocycles. The Balaban J connectivity index is 2.10. The first-order valence-corrected chi connectivity index (χ1v) is 14.0. The van der Waals surface area contributed by atoms with Crippen LogP contribution in [0.3, 0.4) is 0 Å². The second-order valence-electron chi connectivity index (χ2n) is 10.6. The highest BCUT2D eigenvalue weighted by atomic mass is 16.7. The van der Waals surface area contributed by atoms with Crippen molar-refractivity contribution in [3.8, 4) is 0 Å². The quantitative estimate of drug-likeness (QED) is 0.0669. The molecule has 1 amide bonds. The van der Waals surface area contributed by atoms with Crippen LogP contribution >= 0.6 is 0 Å². The highest BCUT2D eigenvalue weighted by Gasteiger charge is 2.56. The lowest BCUT2D eigenvalue weighted by Crippen LogP contribution is -2.63. The molecular weight excluding hydrogens is 598 g/mol. The van der Waals surface area contributed by atoms with E-state index in [1.54, 1.807) is 6.92 Å². The van der Waals surface area contributed by atoms with Gasteiger partial charge in [0.2, 0.25) is 0 Å². The molecule has 2 fully saturated rings. The van der Waals surface area contributed by atoms with Crippen molar-refractivity contribution in [3.05, 3.63) is 0 Å². The molecule has 0 aromatic carbocycles. The van der Waals surface area contributed by atoms with Gasteiger partial charge in [0.1, 0.15) is 31.0 Å². The molecule has 2 heterocycles. The Kier molecular flexibility index (Phi) is 15.7. The Hall–Kier alpha value is -2.07. The molecule has 18 heteroatoms. The van der Waals surface area contributed by atoms with Crippen LogP contribution in [-0.2, 0) is 42.7 Å². The van der Waals surface area contributed by atoms with Crippen LogP contribution in [0.25, 0.3) is 0 Å². The third-order valence-electron chi connectivity index (χ3n) is 7.47. The van der Waals surface area contributed by atoms with E-state index in [1.807, 2.05) is 0 Å². The molecule has 44 heavy (non-hydrogen) atoms. The number of carboxylic acids is 1. The largest absolute Gasteiger partial charge is 0.477 e. The number of alkyl carbamates (subject to hydrolysis) is 1. The molecule has 2 aliphatic rings. The Labute approximate surface area is 253 Å². The first-order valence-electron chi connectivity index (χ1n) is 14.0. The van der Waals surface area contributed by atoms with E-state index in [2.05, 4.69) is 5.32 Å². The number of amides is 1. The maximum absolute atomic E-state index is 12.7. The molecule has 9 unspecified atom stereocenters. The molecule has 0 radical (unpaired) electrons. The average molecular weight is 644 g/mol. The van der Waals surface area contributed by atoms with Gasteiger partial charge in [-0.05, 0) is 0 Å². The van der Waals surface area contributed by atoms with Crippen LogP contribution in [0.2, 0.25) is 0 Å². The summed E-state index contributed by atoms with van der Waals surface area (Å²) in [5.74, 6) is -7.05. The normalized spacial score (nSPS) is 33.8. The molecule has 8 N–H and O–H groups in total. The Bertz CT molecular complexity index is 908. The van der Waals surface area contributed by atoms with E-state index in [-0.39, 0.29) is 13.2 Å². The highest BCUT2D eigenvalue weighted by molar-refractivity contribution is 5.84. The van der Waals surface area contributed by atoms with Crippen LogP contribution in [0.1, 0.15) is 19.8 Å². The summed E-state index contributed by atoms with van der Waals surface area (Å²) in [6, 6.07) is 0. The molecule has 256 valence electrons. The second kappa shape index (κ2) is 18.2. The standard InChI is InChI=1S/C26H45NO17/c1-13-19(32)21(34)18(43-23(13)39-3)12-42-26(24(35)36)9-16(30)15(22(44-26)20(33)17(31)11-28)8-14(29)10-27-25(37)41-7-6-40-5-4-38-2/h13,15-23,28,30-34H,4-12H2,1-3H3,(H,27,37)(H,35,36)/t13?,15?,16?,17-,18?,19?,20-,21?,22?,23?,26?/m1/s1. The summed E-state index contributed by atoms with van der Waals surface area (Å²) in [5, 5.41) is 74.3. The van der Waals surface area contributed by atoms with Crippen molar-refractivity contribution in [1.29, 1.82) is 0 Å². The zero-order valence-corrected chi connectivity index (χ0v) is 24.9. The van der Waals surface area contributed by atoms with E-state index in [9.17, 15) is 50.1 Å². The van der Waals surface area contributed by atoms with Gasteiger partial charge in [-0.3, -0.25) is 4.79 Å². The van der Waals surface area contributed by atoms with E-state index in [0.29, 0.717) is 13.2 Å². The fourth-order valence-electron chi connectivity index (χ4n) is 4.88. The summed E-state index contributed by atoms with van der Waals surface area (Å²) in [7, 11) is 2.81. The summed E-state index contributed by atoms with van der Waals surface area (Å²) >= 11 is 0. The molecule has 18 nitrogen and oxygen atoms in total. The van der Waals surface area contributed by atoms with Gasteiger partial charge < -0.3 is 74.2 Å². The van der Waals surface area contributed by atoms with Crippen molar-refractivity contribution >= 4 is 17.8 Å². The fourth-order valence-corrected chi connectivity index (χ4v) is 4.88. The first kappa shape index (κ1) is 38.1.